The highest BCUT2D eigenvalue weighted by Crippen LogP contribution is 2.39. The van der Waals surface area contributed by atoms with Crippen LogP contribution in [0, 0.1) is 11.8 Å². The Morgan fingerprint density at radius 1 is 1.20 bits per heavy atom. The number of piperazine rings is 1. The van der Waals surface area contributed by atoms with Crippen LogP contribution < -0.4 is 26.9 Å². The van der Waals surface area contributed by atoms with E-state index in [0.717, 1.165) is 18.7 Å². The number of amides is 3. The fourth-order valence-corrected chi connectivity index (χ4v) is 7.86. The van der Waals surface area contributed by atoms with Gasteiger partial charge in [-0.2, -0.15) is 0 Å². The van der Waals surface area contributed by atoms with E-state index in [1.54, 1.807) is 5.01 Å². The highest BCUT2D eigenvalue weighted by molar-refractivity contribution is 5.87. The third kappa shape index (κ3) is 5.09. The standard InChI is InChI=1S/C28H46FN9O3/c1-6-22(39)35-12-17(5)36(13-16(35)4)25-19-11-20(29)27-31-26(19)38(28(40)32-25)24-21(7-9-30-23(24)15(2)3)41-10-8-18-14-37(27)34-33-18/h6,14-17,19-21,23-27,30-31,33-34H,1,7-13H2,2-5H3,(H,32,40)/t16-,17+,19?,20?,21?,23?,24?,25?,26?,27?/m1/s1. The summed E-state index contributed by atoms with van der Waals surface area (Å²) in [6, 6.07) is -0.454. The lowest BCUT2D eigenvalue weighted by Gasteiger charge is -2.59. The normalized spacial score (nSPS) is 41.5. The van der Waals surface area contributed by atoms with Gasteiger partial charge < -0.3 is 30.6 Å². The summed E-state index contributed by atoms with van der Waals surface area (Å²) < 4.78 is 22.7. The Hall–Kier alpha value is -2.45. The van der Waals surface area contributed by atoms with E-state index in [1.165, 1.54) is 6.08 Å². The summed E-state index contributed by atoms with van der Waals surface area (Å²) in [5, 5.41) is 12.3. The molecule has 0 aliphatic carbocycles. The molecule has 0 aromatic heterocycles. The van der Waals surface area contributed by atoms with Crippen LogP contribution in [-0.2, 0) is 9.53 Å². The molecule has 4 saturated heterocycles. The molecule has 10 atom stereocenters. The van der Waals surface area contributed by atoms with E-state index in [2.05, 4.69) is 59.2 Å². The first-order valence-electron chi connectivity index (χ1n) is 15.2. The predicted molar refractivity (Wildman–Crippen MR) is 151 cm³/mol. The average Bonchev–Trinajstić information content (AvgIpc) is 3.41. The average molecular weight is 576 g/mol. The minimum absolute atomic E-state index is 0.0280. The summed E-state index contributed by atoms with van der Waals surface area (Å²) in [4.78, 5) is 32.8. The van der Waals surface area contributed by atoms with Gasteiger partial charge in [-0.05, 0) is 45.2 Å². The quantitative estimate of drug-likeness (QED) is 0.305. The molecule has 0 saturated carbocycles. The van der Waals surface area contributed by atoms with Crippen molar-refractivity contribution in [1.82, 2.24) is 46.6 Å². The first-order chi connectivity index (χ1) is 19.7. The third-order valence-electron chi connectivity index (χ3n) is 9.89. The monoisotopic (exact) mass is 575 g/mol. The second-order valence-corrected chi connectivity index (χ2v) is 12.8. The van der Waals surface area contributed by atoms with E-state index in [9.17, 15) is 9.59 Å². The largest absolute Gasteiger partial charge is 0.376 e. The van der Waals surface area contributed by atoms with Crippen molar-refractivity contribution in [3.63, 3.8) is 0 Å². The zero-order chi connectivity index (χ0) is 29.0. The molecular weight excluding hydrogens is 529 g/mol. The number of alkyl halides is 1. The fourth-order valence-electron chi connectivity index (χ4n) is 7.86. The van der Waals surface area contributed by atoms with Crippen molar-refractivity contribution < 1.29 is 18.7 Å². The lowest BCUT2D eigenvalue weighted by atomic mass is 9.81. The second kappa shape index (κ2) is 11.3. The van der Waals surface area contributed by atoms with Gasteiger partial charge in [0.05, 0.1) is 31.1 Å². The lowest BCUT2D eigenvalue weighted by Crippen LogP contribution is -2.81. The van der Waals surface area contributed by atoms with E-state index in [0.29, 0.717) is 26.1 Å². The van der Waals surface area contributed by atoms with Gasteiger partial charge in [-0.1, -0.05) is 20.4 Å². The lowest BCUT2D eigenvalue weighted by molar-refractivity contribution is -0.139. The molecule has 6 aliphatic rings. The van der Waals surface area contributed by atoms with Crippen LogP contribution in [0.4, 0.5) is 9.18 Å². The van der Waals surface area contributed by atoms with Gasteiger partial charge in [0.15, 0.2) is 0 Å². The minimum Gasteiger partial charge on any atom is -0.376 e. The van der Waals surface area contributed by atoms with Gasteiger partial charge in [-0.3, -0.25) is 20.0 Å². The zero-order valence-electron chi connectivity index (χ0n) is 24.6. The van der Waals surface area contributed by atoms with E-state index in [1.807, 2.05) is 22.9 Å². The molecule has 0 spiro atoms. The van der Waals surface area contributed by atoms with Crippen LogP contribution in [-0.4, -0.2) is 113 Å². The molecule has 13 heteroatoms. The Balaban J connectivity index is 1.37. The third-order valence-corrected chi connectivity index (χ3v) is 9.89. The molecule has 6 rings (SSSR count). The second-order valence-electron chi connectivity index (χ2n) is 12.8. The summed E-state index contributed by atoms with van der Waals surface area (Å²) >= 11 is 0. The molecule has 0 aromatic rings. The first-order valence-corrected chi connectivity index (χ1v) is 15.2. The molecule has 3 amide bonds. The molecule has 5 N–H and O–H groups in total. The van der Waals surface area contributed by atoms with Crippen LogP contribution >= 0.6 is 0 Å². The van der Waals surface area contributed by atoms with Gasteiger partial charge >= 0.3 is 6.03 Å². The van der Waals surface area contributed by atoms with Crippen molar-refractivity contribution in [2.45, 2.75) is 102 Å². The number of fused-ring (bicyclic) bond motifs is 5. The molecule has 4 fully saturated rings. The molecule has 0 radical (unpaired) electrons. The van der Waals surface area contributed by atoms with Crippen molar-refractivity contribution in [1.29, 1.82) is 0 Å². The number of carbonyl (C=O) groups is 2. The van der Waals surface area contributed by atoms with E-state index >= 15 is 4.39 Å². The number of nitrogens with one attached hydrogen (secondary N) is 5. The Morgan fingerprint density at radius 2 is 2.00 bits per heavy atom. The molecule has 6 aliphatic heterocycles. The highest BCUT2D eigenvalue weighted by Gasteiger charge is 2.56. The van der Waals surface area contributed by atoms with Gasteiger partial charge in [-0.15, -0.1) is 5.53 Å². The van der Waals surface area contributed by atoms with Crippen LogP contribution in [0.3, 0.4) is 0 Å². The molecule has 228 valence electrons. The maximum absolute atomic E-state index is 16.1. The molecule has 4 bridgehead atoms. The number of carbonyl (C=O) groups excluding carboxylic acids is 2. The van der Waals surface area contributed by atoms with Crippen molar-refractivity contribution in [2.75, 3.05) is 26.2 Å². The van der Waals surface area contributed by atoms with Gasteiger partial charge in [-0.25, -0.2) is 9.18 Å². The minimum atomic E-state index is -1.18. The fraction of sp³-hybridized carbons (Fsp3) is 0.786. The molecule has 12 nitrogen and oxygen atoms in total. The van der Waals surface area contributed by atoms with E-state index in [4.69, 9.17) is 4.74 Å². The summed E-state index contributed by atoms with van der Waals surface area (Å²) in [6.45, 7) is 14.5. The molecule has 8 unspecified atom stereocenters. The van der Waals surface area contributed by atoms with Gasteiger partial charge in [0.1, 0.15) is 12.3 Å². The molecular formula is C28H46FN9O3. The number of hydrogen-bond donors (Lipinski definition) is 5. The van der Waals surface area contributed by atoms with Crippen molar-refractivity contribution in [3.05, 3.63) is 24.6 Å². The molecule has 0 aromatic carbocycles. The van der Waals surface area contributed by atoms with Crippen LogP contribution in [0.1, 0.15) is 47.0 Å². The SMILES string of the molecule is C=CC(=O)N1C[C@H](C)N(C2NC(=O)N3C4NC(C(F)CC42)N2C=C(CCOC4CCNC(C(C)C)C43)NN2)C[C@H]1C. The summed E-state index contributed by atoms with van der Waals surface area (Å²) in [5.74, 6) is -0.0608. The summed E-state index contributed by atoms with van der Waals surface area (Å²) in [6.07, 6.45) is 2.19. The van der Waals surface area contributed by atoms with Crippen LogP contribution in [0.15, 0.2) is 24.6 Å². The number of urea groups is 1. The Bertz CT molecular complexity index is 1060. The van der Waals surface area contributed by atoms with Crippen molar-refractivity contribution >= 4 is 11.9 Å². The van der Waals surface area contributed by atoms with Crippen LogP contribution in [0.2, 0.25) is 0 Å². The number of rotatable bonds is 3. The smallest absolute Gasteiger partial charge is 0.320 e. The number of nitrogens with zero attached hydrogens (tertiary/aromatic N) is 4. The number of hydrogen-bond acceptors (Lipinski definition) is 9. The van der Waals surface area contributed by atoms with Crippen LogP contribution in [0.5, 0.6) is 0 Å². The Kier molecular flexibility index (Phi) is 7.92. The molecule has 6 heterocycles. The maximum atomic E-state index is 16.1. The van der Waals surface area contributed by atoms with Gasteiger partial charge in [0.25, 0.3) is 0 Å². The van der Waals surface area contributed by atoms with Gasteiger partial charge in [0.2, 0.25) is 5.91 Å². The highest BCUT2D eigenvalue weighted by atomic mass is 19.1. The summed E-state index contributed by atoms with van der Waals surface area (Å²) in [5.41, 5.74) is 7.21. The molecule has 41 heavy (non-hydrogen) atoms. The Labute approximate surface area is 242 Å². The number of ether oxygens (including phenoxy) is 1. The number of halogens is 1. The topological polar surface area (TPSA) is 116 Å². The maximum Gasteiger partial charge on any atom is 0.320 e. The van der Waals surface area contributed by atoms with Crippen LogP contribution in [0.25, 0.3) is 0 Å². The first kappa shape index (κ1) is 28.7. The van der Waals surface area contributed by atoms with E-state index in [-0.39, 0.29) is 66.6 Å². The number of piperidine rings is 2. The number of hydrazine groups is 2. The van der Waals surface area contributed by atoms with E-state index < -0.39 is 18.5 Å². The van der Waals surface area contributed by atoms with Crippen molar-refractivity contribution in [3.8, 4) is 0 Å². The van der Waals surface area contributed by atoms with Crippen molar-refractivity contribution in [2.24, 2.45) is 11.8 Å². The summed E-state index contributed by atoms with van der Waals surface area (Å²) in [7, 11) is 0. The Morgan fingerprint density at radius 3 is 2.76 bits per heavy atom. The van der Waals surface area contributed by atoms with Gasteiger partial charge in [0, 0.05) is 55.5 Å². The predicted octanol–water partition coefficient (Wildman–Crippen LogP) is 0.386. The zero-order valence-corrected chi connectivity index (χ0v) is 24.6.